The number of rotatable bonds is 5. The average Bonchev–Trinajstić information content (AvgIpc) is 2.58. The van der Waals surface area contributed by atoms with Gasteiger partial charge in [0.05, 0.1) is 17.5 Å². The lowest BCUT2D eigenvalue weighted by Crippen LogP contribution is -2.44. The SMILES string of the molecule is Cc1noc(C)c1CCNC(=O)C1CCC1C(=O)O. The summed E-state index contributed by atoms with van der Waals surface area (Å²) in [6.07, 6.45) is 1.91. The Kier molecular flexibility index (Phi) is 3.87. The van der Waals surface area contributed by atoms with Gasteiger partial charge in [0.25, 0.3) is 0 Å². The van der Waals surface area contributed by atoms with Crippen LogP contribution in [0.1, 0.15) is 29.9 Å². The molecule has 6 nitrogen and oxygen atoms in total. The smallest absolute Gasteiger partial charge is 0.307 e. The van der Waals surface area contributed by atoms with Gasteiger partial charge >= 0.3 is 5.97 Å². The standard InChI is InChI=1S/C13H18N2O4/c1-7-9(8(2)19-15-7)5-6-14-12(16)10-3-4-11(10)13(17)18/h10-11H,3-6H2,1-2H3,(H,14,16)(H,17,18). The maximum atomic E-state index is 11.8. The van der Waals surface area contributed by atoms with Gasteiger partial charge in [0.15, 0.2) is 0 Å². The Morgan fingerprint density at radius 3 is 2.53 bits per heavy atom. The molecule has 1 aliphatic carbocycles. The quantitative estimate of drug-likeness (QED) is 0.831. The highest BCUT2D eigenvalue weighted by molar-refractivity contribution is 5.86. The predicted molar refractivity (Wildman–Crippen MR) is 66.5 cm³/mol. The van der Waals surface area contributed by atoms with E-state index < -0.39 is 11.9 Å². The van der Waals surface area contributed by atoms with Crippen LogP contribution in [0.25, 0.3) is 0 Å². The van der Waals surface area contributed by atoms with Crippen molar-refractivity contribution in [2.75, 3.05) is 6.54 Å². The first kappa shape index (κ1) is 13.6. The summed E-state index contributed by atoms with van der Waals surface area (Å²) in [5.41, 5.74) is 1.84. The van der Waals surface area contributed by atoms with Crippen molar-refractivity contribution < 1.29 is 19.2 Å². The van der Waals surface area contributed by atoms with Crippen molar-refractivity contribution in [3.63, 3.8) is 0 Å². The van der Waals surface area contributed by atoms with E-state index in [4.69, 9.17) is 9.63 Å². The summed E-state index contributed by atoms with van der Waals surface area (Å²) >= 11 is 0. The fourth-order valence-corrected chi connectivity index (χ4v) is 2.41. The Morgan fingerprint density at radius 1 is 1.37 bits per heavy atom. The number of carboxylic acids is 1. The van der Waals surface area contributed by atoms with Crippen LogP contribution < -0.4 is 5.32 Å². The topological polar surface area (TPSA) is 92.4 Å². The first-order chi connectivity index (χ1) is 9.00. The van der Waals surface area contributed by atoms with E-state index in [1.54, 1.807) is 0 Å². The molecule has 1 aliphatic rings. The van der Waals surface area contributed by atoms with Gasteiger partial charge in [-0.15, -0.1) is 0 Å². The molecule has 1 heterocycles. The van der Waals surface area contributed by atoms with Crippen LogP contribution in [0.2, 0.25) is 0 Å². The number of carbonyl (C=O) groups is 2. The van der Waals surface area contributed by atoms with Gasteiger partial charge in [0.2, 0.25) is 5.91 Å². The summed E-state index contributed by atoms with van der Waals surface area (Å²) in [5.74, 6) is -1.16. The van der Waals surface area contributed by atoms with Gasteiger partial charge in [0, 0.05) is 12.1 Å². The average molecular weight is 266 g/mol. The molecule has 1 amide bonds. The highest BCUT2D eigenvalue weighted by Gasteiger charge is 2.41. The van der Waals surface area contributed by atoms with E-state index in [0.29, 0.717) is 25.8 Å². The maximum Gasteiger partial charge on any atom is 0.307 e. The van der Waals surface area contributed by atoms with Gasteiger partial charge in [-0.05, 0) is 33.1 Å². The molecule has 2 rings (SSSR count). The van der Waals surface area contributed by atoms with Gasteiger partial charge in [0.1, 0.15) is 5.76 Å². The first-order valence-electron chi connectivity index (χ1n) is 6.43. The summed E-state index contributed by atoms with van der Waals surface area (Å²) in [4.78, 5) is 22.7. The molecule has 2 atom stereocenters. The molecule has 6 heteroatoms. The van der Waals surface area contributed by atoms with Crippen LogP contribution in [0.15, 0.2) is 4.52 Å². The highest BCUT2D eigenvalue weighted by atomic mass is 16.5. The normalized spacial score (nSPS) is 21.8. The number of amides is 1. The fraction of sp³-hybridized carbons (Fsp3) is 0.615. The van der Waals surface area contributed by atoms with E-state index in [0.717, 1.165) is 17.0 Å². The number of aromatic nitrogens is 1. The lowest BCUT2D eigenvalue weighted by Gasteiger charge is -2.31. The number of nitrogens with one attached hydrogen (secondary N) is 1. The van der Waals surface area contributed by atoms with Gasteiger partial charge in [-0.2, -0.15) is 0 Å². The van der Waals surface area contributed by atoms with Gasteiger partial charge in [-0.1, -0.05) is 5.16 Å². The zero-order chi connectivity index (χ0) is 14.0. The zero-order valence-electron chi connectivity index (χ0n) is 11.1. The third-order valence-corrected chi connectivity index (χ3v) is 3.78. The Balaban J connectivity index is 1.80. The molecule has 1 aromatic heterocycles. The summed E-state index contributed by atoms with van der Waals surface area (Å²) < 4.78 is 5.04. The van der Waals surface area contributed by atoms with Crippen molar-refractivity contribution in [2.24, 2.45) is 11.8 Å². The van der Waals surface area contributed by atoms with Crippen LogP contribution in [0.3, 0.4) is 0 Å². The summed E-state index contributed by atoms with van der Waals surface area (Å²) in [5, 5.41) is 15.5. The van der Waals surface area contributed by atoms with Crippen molar-refractivity contribution in [1.82, 2.24) is 10.5 Å². The van der Waals surface area contributed by atoms with Crippen LogP contribution >= 0.6 is 0 Å². The third kappa shape index (κ3) is 2.77. The van der Waals surface area contributed by atoms with E-state index in [2.05, 4.69) is 10.5 Å². The first-order valence-corrected chi connectivity index (χ1v) is 6.43. The molecule has 2 unspecified atom stereocenters. The van der Waals surface area contributed by atoms with Crippen molar-refractivity contribution in [3.8, 4) is 0 Å². The Morgan fingerprint density at radius 2 is 2.05 bits per heavy atom. The molecule has 0 bridgehead atoms. The second-order valence-corrected chi connectivity index (χ2v) is 4.97. The number of hydrogen-bond donors (Lipinski definition) is 2. The van der Waals surface area contributed by atoms with E-state index in [9.17, 15) is 9.59 Å². The largest absolute Gasteiger partial charge is 0.481 e. The molecule has 0 aliphatic heterocycles. The van der Waals surface area contributed by atoms with Crippen molar-refractivity contribution in [3.05, 3.63) is 17.0 Å². The van der Waals surface area contributed by atoms with Crippen LogP contribution in [0.4, 0.5) is 0 Å². The molecular weight excluding hydrogens is 248 g/mol. The fourth-order valence-electron chi connectivity index (χ4n) is 2.41. The minimum absolute atomic E-state index is 0.162. The van der Waals surface area contributed by atoms with E-state index >= 15 is 0 Å². The Bertz CT molecular complexity index is 475. The molecule has 1 fully saturated rings. The molecule has 0 radical (unpaired) electrons. The summed E-state index contributed by atoms with van der Waals surface area (Å²) in [6.45, 7) is 4.17. The number of carboxylic acid groups (broad SMARTS) is 1. The number of nitrogens with zero attached hydrogens (tertiary/aromatic N) is 1. The molecule has 0 saturated heterocycles. The van der Waals surface area contributed by atoms with Crippen molar-refractivity contribution in [2.45, 2.75) is 33.1 Å². The highest BCUT2D eigenvalue weighted by Crippen LogP contribution is 2.34. The molecule has 0 aromatic carbocycles. The number of aliphatic carboxylic acids is 1. The molecule has 2 N–H and O–H groups in total. The molecular formula is C13H18N2O4. The zero-order valence-corrected chi connectivity index (χ0v) is 11.1. The molecule has 1 aromatic rings. The van der Waals surface area contributed by atoms with Crippen molar-refractivity contribution >= 4 is 11.9 Å². The summed E-state index contributed by atoms with van der Waals surface area (Å²) in [6, 6.07) is 0. The minimum atomic E-state index is -0.878. The second-order valence-electron chi connectivity index (χ2n) is 4.97. The molecule has 104 valence electrons. The Labute approximate surface area is 111 Å². The predicted octanol–water partition coefficient (Wildman–Crippen LogP) is 1.06. The minimum Gasteiger partial charge on any atom is -0.481 e. The lowest BCUT2D eigenvalue weighted by molar-refractivity contribution is -0.152. The third-order valence-electron chi connectivity index (χ3n) is 3.78. The Hall–Kier alpha value is -1.85. The monoisotopic (exact) mass is 266 g/mol. The van der Waals surface area contributed by atoms with Gasteiger partial charge in [-0.25, -0.2) is 0 Å². The number of aryl methyl sites for hydroxylation is 2. The molecule has 1 saturated carbocycles. The van der Waals surface area contributed by atoms with E-state index in [-0.39, 0.29) is 11.8 Å². The van der Waals surface area contributed by atoms with Gasteiger partial charge in [-0.3, -0.25) is 9.59 Å². The maximum absolute atomic E-state index is 11.8. The number of carbonyl (C=O) groups excluding carboxylic acids is 1. The molecule has 0 spiro atoms. The lowest BCUT2D eigenvalue weighted by atomic mass is 9.73. The number of hydrogen-bond acceptors (Lipinski definition) is 4. The van der Waals surface area contributed by atoms with E-state index in [1.165, 1.54) is 0 Å². The summed E-state index contributed by atoms with van der Waals surface area (Å²) in [7, 11) is 0. The van der Waals surface area contributed by atoms with Crippen LogP contribution in [-0.4, -0.2) is 28.7 Å². The van der Waals surface area contributed by atoms with Crippen LogP contribution in [0, 0.1) is 25.7 Å². The van der Waals surface area contributed by atoms with Gasteiger partial charge < -0.3 is 14.9 Å². The van der Waals surface area contributed by atoms with E-state index in [1.807, 2.05) is 13.8 Å². The van der Waals surface area contributed by atoms with Crippen molar-refractivity contribution in [1.29, 1.82) is 0 Å². The van der Waals surface area contributed by atoms with Crippen LogP contribution in [0.5, 0.6) is 0 Å². The second kappa shape index (κ2) is 5.42. The molecule has 19 heavy (non-hydrogen) atoms. The van der Waals surface area contributed by atoms with Crippen LogP contribution in [-0.2, 0) is 16.0 Å².